The van der Waals surface area contributed by atoms with E-state index in [0.29, 0.717) is 5.69 Å². The van der Waals surface area contributed by atoms with E-state index in [1.807, 2.05) is 18.4 Å². The highest BCUT2D eigenvalue weighted by atomic mass is 19.4. The van der Waals surface area contributed by atoms with Crippen LogP contribution < -0.4 is 10.7 Å². The van der Waals surface area contributed by atoms with E-state index < -0.39 is 23.6 Å². The zero-order valence-corrected chi connectivity index (χ0v) is 14.0. The van der Waals surface area contributed by atoms with Crippen molar-refractivity contribution < 1.29 is 22.8 Å². The second kappa shape index (κ2) is 7.81. The minimum atomic E-state index is -4.55. The first-order chi connectivity index (χ1) is 12.2. The van der Waals surface area contributed by atoms with Crippen molar-refractivity contribution in [3.8, 4) is 0 Å². The summed E-state index contributed by atoms with van der Waals surface area (Å²) in [7, 11) is 0. The fraction of sp³-hybridized carbons (Fsp3) is 0.167. The summed E-state index contributed by atoms with van der Waals surface area (Å²) in [6, 6.07) is 10.1. The average molecular weight is 363 g/mol. The molecule has 2 aromatic carbocycles. The van der Waals surface area contributed by atoms with Gasteiger partial charge >= 0.3 is 18.0 Å². The first-order valence-corrected chi connectivity index (χ1v) is 7.56. The van der Waals surface area contributed by atoms with Crippen LogP contribution in [0.3, 0.4) is 0 Å². The lowest BCUT2D eigenvalue weighted by Gasteiger charge is -2.09. The van der Waals surface area contributed by atoms with Crippen LogP contribution in [0.5, 0.6) is 0 Å². The van der Waals surface area contributed by atoms with Crippen molar-refractivity contribution in [1.29, 1.82) is 0 Å². The maximum absolute atomic E-state index is 12.9. The lowest BCUT2D eigenvalue weighted by Crippen LogP contribution is -2.32. The first kappa shape index (κ1) is 19.2. The van der Waals surface area contributed by atoms with E-state index in [4.69, 9.17) is 0 Å². The van der Waals surface area contributed by atoms with Crippen LogP contribution in [0.25, 0.3) is 0 Å². The molecule has 2 N–H and O–H groups in total. The number of hydrazone groups is 1. The standard InChI is InChI=1S/C18H16F3N3O2/c1-11-7-8-12(2)15(9-11)23-16(25)17(26)24-22-10-13-5-3-4-6-14(13)18(19,20)21/h3-10H,1-2H3,(H,23,25)(H,24,26). The van der Waals surface area contributed by atoms with Gasteiger partial charge in [-0.1, -0.05) is 30.3 Å². The molecule has 0 aromatic heterocycles. The van der Waals surface area contributed by atoms with Crippen LogP contribution in [0.4, 0.5) is 18.9 Å². The van der Waals surface area contributed by atoms with Crippen LogP contribution in [-0.2, 0) is 15.8 Å². The number of halogens is 3. The predicted octanol–water partition coefficient (Wildman–Crippen LogP) is 3.41. The zero-order chi connectivity index (χ0) is 19.3. The summed E-state index contributed by atoms with van der Waals surface area (Å²) in [5.41, 5.74) is 2.93. The maximum Gasteiger partial charge on any atom is 0.417 e. The molecular formula is C18H16F3N3O2. The number of nitrogens with zero attached hydrogens (tertiary/aromatic N) is 1. The molecule has 8 heteroatoms. The number of hydrogen-bond acceptors (Lipinski definition) is 3. The van der Waals surface area contributed by atoms with Gasteiger partial charge in [-0.15, -0.1) is 0 Å². The first-order valence-electron chi connectivity index (χ1n) is 7.56. The molecule has 0 aliphatic carbocycles. The van der Waals surface area contributed by atoms with Gasteiger partial charge in [0.2, 0.25) is 0 Å². The molecule has 5 nitrogen and oxygen atoms in total. The molecule has 0 heterocycles. The number of nitrogens with one attached hydrogen (secondary N) is 2. The average Bonchev–Trinajstić information content (AvgIpc) is 2.57. The molecule has 0 unspecified atom stereocenters. The summed E-state index contributed by atoms with van der Waals surface area (Å²) in [6.07, 6.45) is -3.71. The number of rotatable bonds is 3. The Balaban J connectivity index is 2.04. The molecule has 2 aromatic rings. The molecule has 0 atom stereocenters. The fourth-order valence-corrected chi connectivity index (χ4v) is 2.13. The lowest BCUT2D eigenvalue weighted by atomic mass is 10.1. The van der Waals surface area contributed by atoms with Crippen molar-refractivity contribution in [2.45, 2.75) is 20.0 Å². The topological polar surface area (TPSA) is 70.6 Å². The highest BCUT2D eigenvalue weighted by molar-refractivity contribution is 6.39. The SMILES string of the molecule is Cc1ccc(C)c(NC(=O)C(=O)NN=Cc2ccccc2C(F)(F)F)c1. The molecule has 0 saturated heterocycles. The summed E-state index contributed by atoms with van der Waals surface area (Å²) in [5.74, 6) is -2.06. The largest absolute Gasteiger partial charge is 0.417 e. The Hall–Kier alpha value is -3.16. The van der Waals surface area contributed by atoms with Crippen molar-refractivity contribution in [1.82, 2.24) is 5.43 Å². The highest BCUT2D eigenvalue weighted by Gasteiger charge is 2.32. The van der Waals surface area contributed by atoms with Crippen molar-refractivity contribution in [3.63, 3.8) is 0 Å². The van der Waals surface area contributed by atoms with Crippen molar-refractivity contribution >= 4 is 23.7 Å². The number of amides is 2. The summed E-state index contributed by atoms with van der Waals surface area (Å²) < 4.78 is 38.6. The minimum Gasteiger partial charge on any atom is -0.317 e. The molecule has 26 heavy (non-hydrogen) atoms. The minimum absolute atomic E-state index is 0.227. The highest BCUT2D eigenvalue weighted by Crippen LogP contribution is 2.31. The molecular weight excluding hydrogens is 347 g/mol. The number of aryl methyl sites for hydroxylation is 2. The van der Waals surface area contributed by atoms with Gasteiger partial charge in [-0.05, 0) is 37.1 Å². The zero-order valence-electron chi connectivity index (χ0n) is 14.0. The van der Waals surface area contributed by atoms with Crippen LogP contribution in [0.2, 0.25) is 0 Å². The van der Waals surface area contributed by atoms with Crippen LogP contribution in [0, 0.1) is 13.8 Å². The van der Waals surface area contributed by atoms with Crippen molar-refractivity contribution in [3.05, 3.63) is 64.7 Å². The van der Waals surface area contributed by atoms with Crippen LogP contribution in [-0.4, -0.2) is 18.0 Å². The molecule has 136 valence electrons. The van der Waals surface area contributed by atoms with Gasteiger partial charge in [0.15, 0.2) is 0 Å². The predicted molar refractivity (Wildman–Crippen MR) is 91.7 cm³/mol. The number of carbonyl (C=O) groups excluding carboxylic acids is 2. The maximum atomic E-state index is 12.9. The summed E-state index contributed by atoms with van der Waals surface area (Å²) in [4.78, 5) is 23.6. The molecule has 0 spiro atoms. The smallest absolute Gasteiger partial charge is 0.317 e. The molecule has 0 saturated carbocycles. The molecule has 2 amide bonds. The number of hydrogen-bond donors (Lipinski definition) is 2. The van der Waals surface area contributed by atoms with Gasteiger partial charge in [-0.3, -0.25) is 9.59 Å². The van der Waals surface area contributed by atoms with Gasteiger partial charge in [0, 0.05) is 11.3 Å². The monoisotopic (exact) mass is 363 g/mol. The summed E-state index contributed by atoms with van der Waals surface area (Å²) in [6.45, 7) is 3.59. The lowest BCUT2D eigenvalue weighted by molar-refractivity contribution is -0.137. The quantitative estimate of drug-likeness (QED) is 0.498. The molecule has 0 radical (unpaired) electrons. The molecule has 0 fully saturated rings. The number of anilines is 1. The third kappa shape index (κ3) is 4.92. The second-order valence-electron chi connectivity index (χ2n) is 5.56. The van der Waals surface area contributed by atoms with E-state index in [9.17, 15) is 22.8 Å². The van der Waals surface area contributed by atoms with Gasteiger partial charge < -0.3 is 5.32 Å². The molecule has 0 aliphatic rings. The third-order valence-electron chi connectivity index (χ3n) is 3.48. The Bertz CT molecular complexity index is 861. The number of alkyl halides is 3. The van der Waals surface area contributed by atoms with Gasteiger partial charge in [0.05, 0.1) is 11.8 Å². The second-order valence-corrected chi connectivity index (χ2v) is 5.56. The van der Waals surface area contributed by atoms with Crippen LogP contribution in [0.1, 0.15) is 22.3 Å². The van der Waals surface area contributed by atoms with Crippen LogP contribution in [0.15, 0.2) is 47.6 Å². The molecule has 0 aliphatic heterocycles. The summed E-state index contributed by atoms with van der Waals surface area (Å²) in [5, 5.41) is 5.86. The van der Waals surface area contributed by atoms with Crippen LogP contribution >= 0.6 is 0 Å². The van der Waals surface area contributed by atoms with Gasteiger partial charge in [-0.25, -0.2) is 5.43 Å². The Morgan fingerprint density at radius 3 is 2.42 bits per heavy atom. The van der Waals surface area contributed by atoms with Gasteiger partial charge in [0.25, 0.3) is 0 Å². The summed E-state index contributed by atoms with van der Waals surface area (Å²) >= 11 is 0. The van der Waals surface area contributed by atoms with E-state index in [1.165, 1.54) is 18.2 Å². The van der Waals surface area contributed by atoms with E-state index in [0.717, 1.165) is 23.4 Å². The van der Waals surface area contributed by atoms with E-state index >= 15 is 0 Å². The molecule has 0 bridgehead atoms. The van der Waals surface area contributed by atoms with Crippen molar-refractivity contribution in [2.75, 3.05) is 5.32 Å². The fourth-order valence-electron chi connectivity index (χ4n) is 2.13. The number of carbonyl (C=O) groups is 2. The normalized spacial score (nSPS) is 11.4. The van der Waals surface area contributed by atoms with Gasteiger partial charge in [0.1, 0.15) is 0 Å². The van der Waals surface area contributed by atoms with E-state index in [2.05, 4.69) is 10.4 Å². The Morgan fingerprint density at radius 1 is 1.04 bits per heavy atom. The van der Waals surface area contributed by atoms with E-state index in [1.54, 1.807) is 19.1 Å². The van der Waals surface area contributed by atoms with Crippen molar-refractivity contribution in [2.24, 2.45) is 5.10 Å². The van der Waals surface area contributed by atoms with E-state index in [-0.39, 0.29) is 5.56 Å². The molecule has 2 rings (SSSR count). The third-order valence-corrected chi connectivity index (χ3v) is 3.48. The number of benzene rings is 2. The van der Waals surface area contributed by atoms with Gasteiger partial charge in [-0.2, -0.15) is 18.3 Å². The Kier molecular flexibility index (Phi) is 5.76. The Morgan fingerprint density at radius 2 is 1.73 bits per heavy atom. The Labute approximate surface area is 147 Å².